The number of amides is 1. The Kier molecular flexibility index (Phi) is 5.68. The second-order valence-corrected chi connectivity index (χ2v) is 8.20. The number of para-hydroxylation sites is 1. The molecule has 0 bridgehead atoms. The first-order valence-corrected chi connectivity index (χ1v) is 11.3. The van der Waals surface area contributed by atoms with E-state index in [4.69, 9.17) is 13.9 Å². The van der Waals surface area contributed by atoms with Crippen molar-refractivity contribution >= 4 is 28.6 Å². The molecule has 0 aliphatic carbocycles. The van der Waals surface area contributed by atoms with E-state index in [0.29, 0.717) is 24.7 Å². The maximum atomic E-state index is 13.0. The zero-order valence-electron chi connectivity index (χ0n) is 17.5. The smallest absolute Gasteiger partial charge is 0.233 e. The van der Waals surface area contributed by atoms with Crippen molar-refractivity contribution in [3.05, 3.63) is 66.4 Å². The highest BCUT2D eigenvalue weighted by molar-refractivity contribution is 8.00. The molecule has 8 heteroatoms. The van der Waals surface area contributed by atoms with Crippen molar-refractivity contribution in [3.63, 3.8) is 0 Å². The second kappa shape index (κ2) is 8.92. The van der Waals surface area contributed by atoms with Gasteiger partial charge in [-0.15, -0.1) is 0 Å². The third-order valence-corrected chi connectivity index (χ3v) is 6.16. The van der Waals surface area contributed by atoms with E-state index < -0.39 is 0 Å². The van der Waals surface area contributed by atoms with Crippen LogP contribution in [0.15, 0.2) is 70.3 Å². The molecule has 1 aliphatic rings. The summed E-state index contributed by atoms with van der Waals surface area (Å²) in [6, 6.07) is 17.2. The molecule has 5 rings (SSSR count). The van der Waals surface area contributed by atoms with E-state index in [1.807, 2.05) is 60.4 Å². The van der Waals surface area contributed by atoms with Gasteiger partial charge in [-0.3, -0.25) is 4.79 Å². The van der Waals surface area contributed by atoms with Gasteiger partial charge < -0.3 is 18.8 Å². The van der Waals surface area contributed by atoms with Gasteiger partial charge in [0.05, 0.1) is 17.5 Å². The molecule has 3 heterocycles. The third kappa shape index (κ3) is 4.13. The maximum absolute atomic E-state index is 13.0. The summed E-state index contributed by atoms with van der Waals surface area (Å²) >= 11 is 1.42. The van der Waals surface area contributed by atoms with Crippen LogP contribution in [0.1, 0.15) is 12.5 Å². The predicted octanol–water partition coefficient (Wildman–Crippen LogP) is 4.76. The molecule has 4 aromatic rings. The van der Waals surface area contributed by atoms with Crippen molar-refractivity contribution in [2.75, 3.05) is 19.1 Å². The predicted molar refractivity (Wildman–Crippen MR) is 122 cm³/mol. The van der Waals surface area contributed by atoms with Gasteiger partial charge in [0.25, 0.3) is 0 Å². The van der Waals surface area contributed by atoms with Crippen molar-refractivity contribution in [2.45, 2.75) is 18.5 Å². The Labute approximate surface area is 189 Å². The summed E-state index contributed by atoms with van der Waals surface area (Å²) in [6.07, 6.45) is 1.60. The molecular weight excluding hydrogens is 426 g/mol. The molecule has 0 fully saturated rings. The number of fused-ring (bicyclic) bond motifs is 2. The minimum Gasteiger partial charge on any atom is -0.461 e. The minimum absolute atomic E-state index is 0.0393. The number of carbonyl (C=O) groups is 1. The summed E-state index contributed by atoms with van der Waals surface area (Å²) in [5.74, 6) is 2.88. The van der Waals surface area contributed by atoms with E-state index in [1.54, 1.807) is 12.3 Å². The van der Waals surface area contributed by atoms with Gasteiger partial charge >= 0.3 is 0 Å². The van der Waals surface area contributed by atoms with Gasteiger partial charge in [-0.2, -0.15) is 0 Å². The van der Waals surface area contributed by atoms with Crippen LogP contribution in [0.25, 0.3) is 22.5 Å². The van der Waals surface area contributed by atoms with Gasteiger partial charge in [0.1, 0.15) is 5.03 Å². The number of rotatable bonds is 7. The van der Waals surface area contributed by atoms with Crippen molar-refractivity contribution in [3.8, 4) is 23.1 Å². The Balaban J connectivity index is 1.33. The first-order chi connectivity index (χ1) is 15.7. The van der Waals surface area contributed by atoms with E-state index in [0.717, 1.165) is 33.0 Å². The zero-order chi connectivity index (χ0) is 21.9. The van der Waals surface area contributed by atoms with Gasteiger partial charge in [-0.05, 0) is 42.8 Å². The van der Waals surface area contributed by atoms with Crippen LogP contribution in [0.4, 0.5) is 0 Å². The molecule has 0 saturated carbocycles. The number of aromatic nitrogens is 2. The summed E-state index contributed by atoms with van der Waals surface area (Å²) in [5, 5.41) is 1.67. The molecule has 2 aromatic heterocycles. The molecule has 7 nitrogen and oxygen atoms in total. The highest BCUT2D eigenvalue weighted by Gasteiger charge is 2.18. The summed E-state index contributed by atoms with van der Waals surface area (Å²) in [7, 11) is 0. The van der Waals surface area contributed by atoms with Gasteiger partial charge in [0.15, 0.2) is 23.1 Å². The summed E-state index contributed by atoms with van der Waals surface area (Å²) < 4.78 is 16.3. The molecule has 1 aliphatic heterocycles. The van der Waals surface area contributed by atoms with E-state index in [2.05, 4.69) is 9.97 Å². The second-order valence-electron chi connectivity index (χ2n) is 7.23. The van der Waals surface area contributed by atoms with E-state index >= 15 is 0 Å². The molecule has 0 radical (unpaired) electrons. The number of benzene rings is 2. The zero-order valence-corrected chi connectivity index (χ0v) is 18.3. The number of furan rings is 1. The lowest BCUT2D eigenvalue weighted by Crippen LogP contribution is -2.31. The van der Waals surface area contributed by atoms with Crippen molar-refractivity contribution in [1.82, 2.24) is 14.9 Å². The Morgan fingerprint density at radius 2 is 1.94 bits per heavy atom. The summed E-state index contributed by atoms with van der Waals surface area (Å²) in [5.41, 5.74) is 1.82. The number of nitrogens with zero attached hydrogens (tertiary/aromatic N) is 3. The Morgan fingerprint density at radius 1 is 1.06 bits per heavy atom. The Hall–Kier alpha value is -3.52. The van der Waals surface area contributed by atoms with Crippen molar-refractivity contribution < 1.29 is 18.7 Å². The average molecular weight is 448 g/mol. The van der Waals surface area contributed by atoms with Gasteiger partial charge in [0.2, 0.25) is 12.7 Å². The normalized spacial score (nSPS) is 12.3. The molecule has 2 aromatic carbocycles. The SMILES string of the molecule is CCN(Cc1ccc2c(c1)OCO2)C(=O)CSc1nc(-c2ccco2)nc2ccccc12. The quantitative estimate of drug-likeness (QED) is 0.299. The van der Waals surface area contributed by atoms with Crippen LogP contribution in [0.3, 0.4) is 0 Å². The highest BCUT2D eigenvalue weighted by Crippen LogP contribution is 2.33. The molecular formula is C24H21N3O4S. The maximum Gasteiger partial charge on any atom is 0.233 e. The highest BCUT2D eigenvalue weighted by atomic mass is 32.2. The van der Waals surface area contributed by atoms with Gasteiger partial charge in [-0.1, -0.05) is 36.0 Å². The number of carbonyl (C=O) groups excluding carboxylic acids is 1. The Bertz CT molecular complexity index is 1260. The third-order valence-electron chi connectivity index (χ3n) is 5.19. The molecule has 0 saturated heterocycles. The van der Waals surface area contributed by atoms with E-state index in [-0.39, 0.29) is 18.5 Å². The van der Waals surface area contributed by atoms with Crippen LogP contribution in [-0.4, -0.2) is 39.9 Å². The monoisotopic (exact) mass is 447 g/mol. The van der Waals surface area contributed by atoms with Crippen LogP contribution in [0.5, 0.6) is 11.5 Å². The fourth-order valence-corrected chi connectivity index (χ4v) is 4.45. The number of thioether (sulfide) groups is 1. The average Bonchev–Trinajstić information content (AvgIpc) is 3.52. The molecule has 0 N–H and O–H groups in total. The first kappa shape index (κ1) is 20.4. The topological polar surface area (TPSA) is 77.7 Å². The molecule has 162 valence electrons. The van der Waals surface area contributed by atoms with E-state index in [9.17, 15) is 4.79 Å². The number of hydrogen-bond donors (Lipinski definition) is 0. The van der Waals surface area contributed by atoms with Gasteiger partial charge in [0, 0.05) is 18.5 Å². The molecule has 1 amide bonds. The minimum atomic E-state index is 0.0393. The molecule has 0 unspecified atom stereocenters. The number of hydrogen-bond acceptors (Lipinski definition) is 7. The first-order valence-electron chi connectivity index (χ1n) is 10.3. The Morgan fingerprint density at radius 3 is 2.78 bits per heavy atom. The van der Waals surface area contributed by atoms with Crippen LogP contribution >= 0.6 is 11.8 Å². The van der Waals surface area contributed by atoms with Crippen LogP contribution in [-0.2, 0) is 11.3 Å². The van der Waals surface area contributed by atoms with Crippen LogP contribution < -0.4 is 9.47 Å². The lowest BCUT2D eigenvalue weighted by atomic mass is 10.2. The van der Waals surface area contributed by atoms with Crippen molar-refractivity contribution in [1.29, 1.82) is 0 Å². The summed E-state index contributed by atoms with van der Waals surface area (Å²) in [4.78, 5) is 24.1. The fraction of sp³-hybridized carbons (Fsp3) is 0.208. The fourth-order valence-electron chi connectivity index (χ4n) is 3.53. The van der Waals surface area contributed by atoms with E-state index in [1.165, 1.54) is 11.8 Å². The molecule has 0 spiro atoms. The molecule has 0 atom stereocenters. The largest absolute Gasteiger partial charge is 0.461 e. The lowest BCUT2D eigenvalue weighted by Gasteiger charge is -2.21. The van der Waals surface area contributed by atoms with Crippen molar-refractivity contribution in [2.24, 2.45) is 0 Å². The van der Waals surface area contributed by atoms with Gasteiger partial charge in [-0.25, -0.2) is 9.97 Å². The van der Waals surface area contributed by atoms with Crippen LogP contribution in [0, 0.1) is 0 Å². The standard InChI is InChI=1S/C24H21N3O4S/c1-2-27(13-16-9-10-19-21(12-16)31-15-30-19)22(28)14-32-24-17-6-3-4-7-18(17)25-23(26-24)20-8-5-11-29-20/h3-12H,2,13-15H2,1H3. The summed E-state index contributed by atoms with van der Waals surface area (Å²) in [6.45, 7) is 3.33. The lowest BCUT2D eigenvalue weighted by molar-refractivity contribution is -0.128. The molecule has 32 heavy (non-hydrogen) atoms. The van der Waals surface area contributed by atoms with Crippen LogP contribution in [0.2, 0.25) is 0 Å². The number of ether oxygens (including phenoxy) is 2.